The van der Waals surface area contributed by atoms with Crippen LogP contribution in [0.3, 0.4) is 0 Å². The summed E-state index contributed by atoms with van der Waals surface area (Å²) in [4.78, 5) is 24.6. The van der Waals surface area contributed by atoms with Gasteiger partial charge in [-0.25, -0.2) is 9.07 Å². The van der Waals surface area contributed by atoms with Gasteiger partial charge in [0.25, 0.3) is 11.8 Å². The fourth-order valence-electron chi connectivity index (χ4n) is 3.30. The summed E-state index contributed by atoms with van der Waals surface area (Å²) in [5.74, 6) is -0.663. The molecule has 3 rings (SSSR count). The van der Waals surface area contributed by atoms with E-state index in [0.717, 1.165) is 0 Å². The molecule has 2 amide bonds. The Morgan fingerprint density at radius 2 is 1.65 bits per heavy atom. The first-order valence-electron chi connectivity index (χ1n) is 10.8. The highest BCUT2D eigenvalue weighted by molar-refractivity contribution is 5.98. The van der Waals surface area contributed by atoms with Gasteiger partial charge in [-0.3, -0.25) is 9.59 Å². The molecule has 9 heteroatoms. The average molecular weight is 463 g/mol. The average Bonchev–Trinajstić information content (AvgIpc) is 3.11. The van der Waals surface area contributed by atoms with E-state index in [1.807, 2.05) is 20.8 Å². The van der Waals surface area contributed by atoms with Crippen LogP contribution in [0.15, 0.2) is 48.5 Å². The largest absolute Gasteiger partial charge is 0.382 e. The molecule has 0 unspecified atom stereocenters. The maximum atomic E-state index is 13.2. The maximum Gasteiger partial charge on any atom is 0.251 e. The Morgan fingerprint density at radius 1 is 1.06 bits per heavy atom. The number of amides is 2. The molecule has 0 bridgehead atoms. The highest BCUT2D eigenvalue weighted by atomic mass is 19.1. The van der Waals surface area contributed by atoms with Crippen LogP contribution < -0.4 is 16.4 Å². The van der Waals surface area contributed by atoms with Gasteiger partial charge in [-0.2, -0.15) is 10.4 Å². The van der Waals surface area contributed by atoms with Crippen molar-refractivity contribution in [1.29, 1.82) is 5.26 Å². The first-order valence-corrected chi connectivity index (χ1v) is 10.8. The van der Waals surface area contributed by atoms with E-state index in [0.29, 0.717) is 41.9 Å². The number of nitrogens with one attached hydrogen (secondary N) is 2. The Morgan fingerprint density at radius 3 is 2.21 bits per heavy atom. The zero-order valence-electron chi connectivity index (χ0n) is 19.4. The summed E-state index contributed by atoms with van der Waals surface area (Å²) >= 11 is 0. The number of nitriles is 1. The van der Waals surface area contributed by atoms with Gasteiger partial charge in [0.15, 0.2) is 0 Å². The van der Waals surface area contributed by atoms with Crippen LogP contribution in [0.4, 0.5) is 10.2 Å². The van der Waals surface area contributed by atoms with Crippen molar-refractivity contribution >= 4 is 17.6 Å². The molecule has 0 saturated heterocycles. The Kier molecular flexibility index (Phi) is 7.31. The van der Waals surface area contributed by atoms with Crippen LogP contribution in [0.1, 0.15) is 59.2 Å². The lowest BCUT2D eigenvalue weighted by Gasteiger charge is -2.20. The third kappa shape index (κ3) is 5.98. The third-order valence-electron chi connectivity index (χ3n) is 4.95. The number of nitrogens with two attached hydrogens (primary N) is 1. The molecule has 0 spiro atoms. The number of halogens is 1. The summed E-state index contributed by atoms with van der Waals surface area (Å²) < 4.78 is 14.6. The Hall–Kier alpha value is -4.19. The topological polar surface area (TPSA) is 126 Å². The summed E-state index contributed by atoms with van der Waals surface area (Å²) in [5, 5.41) is 19.6. The number of hydrogen-bond donors (Lipinski definition) is 3. The number of nitrogen functional groups attached to an aromatic ring is 1. The van der Waals surface area contributed by atoms with Crippen molar-refractivity contribution in [3.8, 4) is 11.8 Å². The van der Waals surface area contributed by atoms with E-state index in [1.54, 1.807) is 24.3 Å². The Bertz CT molecular complexity index is 1220. The number of benzene rings is 2. The van der Waals surface area contributed by atoms with Crippen molar-refractivity contribution in [2.75, 3.05) is 12.3 Å². The zero-order chi connectivity index (χ0) is 24.9. The van der Waals surface area contributed by atoms with Crippen LogP contribution in [0.25, 0.3) is 5.69 Å². The molecule has 0 aliphatic heterocycles. The van der Waals surface area contributed by atoms with Gasteiger partial charge in [0.2, 0.25) is 0 Å². The molecule has 8 nitrogen and oxygen atoms in total. The van der Waals surface area contributed by atoms with Crippen LogP contribution >= 0.6 is 0 Å². The van der Waals surface area contributed by atoms with Crippen molar-refractivity contribution < 1.29 is 14.0 Å². The third-order valence-corrected chi connectivity index (χ3v) is 4.95. The highest BCUT2D eigenvalue weighted by Crippen LogP contribution is 2.21. The van der Waals surface area contributed by atoms with Crippen LogP contribution in [0, 0.1) is 17.1 Å². The van der Waals surface area contributed by atoms with Gasteiger partial charge in [-0.15, -0.1) is 0 Å². The maximum absolute atomic E-state index is 13.2. The zero-order valence-corrected chi connectivity index (χ0v) is 19.4. The number of rotatable bonds is 7. The van der Waals surface area contributed by atoms with Crippen LogP contribution in [-0.4, -0.2) is 33.7 Å². The van der Waals surface area contributed by atoms with E-state index in [2.05, 4.69) is 21.8 Å². The van der Waals surface area contributed by atoms with Gasteiger partial charge >= 0.3 is 0 Å². The fourth-order valence-corrected chi connectivity index (χ4v) is 3.30. The van der Waals surface area contributed by atoms with E-state index in [9.17, 15) is 19.2 Å². The standard InChI is InChI=1S/C25H27FN6O2/c1-25(2,3)30-24(34)17-8-6-16(7-9-17)23(33)29-14-4-5-21-20(15-27)22(28)32(31-21)19-12-10-18(26)11-13-19/h6-13H,4-5,14,28H2,1-3H3,(H,29,33)(H,30,34). The molecule has 0 radical (unpaired) electrons. The SMILES string of the molecule is CC(C)(C)NC(=O)c1ccc(C(=O)NCCCc2nn(-c3ccc(F)cc3)c(N)c2C#N)cc1. The van der Waals surface area contributed by atoms with Gasteiger partial charge < -0.3 is 16.4 Å². The lowest BCUT2D eigenvalue weighted by atomic mass is 10.1. The van der Waals surface area contributed by atoms with Gasteiger partial charge in [0, 0.05) is 23.2 Å². The number of carbonyl (C=O) groups excluding carboxylic acids is 2. The molecule has 1 heterocycles. The number of aromatic nitrogens is 2. The quantitative estimate of drug-likeness (QED) is 0.464. The van der Waals surface area contributed by atoms with Crippen molar-refractivity contribution in [2.45, 2.75) is 39.2 Å². The van der Waals surface area contributed by atoms with Gasteiger partial charge in [0.05, 0.1) is 11.4 Å². The minimum atomic E-state index is -0.381. The normalized spacial score (nSPS) is 11.0. The molecule has 1 aromatic heterocycles. The summed E-state index contributed by atoms with van der Waals surface area (Å²) in [5.41, 5.74) is 7.96. The predicted octanol–water partition coefficient (Wildman–Crippen LogP) is 3.36. The molecule has 176 valence electrons. The number of anilines is 1. The van der Waals surface area contributed by atoms with E-state index >= 15 is 0 Å². The van der Waals surface area contributed by atoms with Crippen molar-refractivity contribution in [1.82, 2.24) is 20.4 Å². The molecular formula is C25H27FN6O2. The van der Waals surface area contributed by atoms with Crippen LogP contribution in [0.5, 0.6) is 0 Å². The summed E-state index contributed by atoms with van der Waals surface area (Å²) in [7, 11) is 0. The molecule has 0 atom stereocenters. The van der Waals surface area contributed by atoms with Crippen molar-refractivity contribution in [3.05, 3.63) is 76.7 Å². The second kappa shape index (κ2) is 10.2. The van der Waals surface area contributed by atoms with Gasteiger partial charge in [-0.1, -0.05) is 0 Å². The molecule has 3 aromatic rings. The van der Waals surface area contributed by atoms with Crippen molar-refractivity contribution in [2.24, 2.45) is 0 Å². The second-order valence-corrected chi connectivity index (χ2v) is 8.85. The van der Waals surface area contributed by atoms with E-state index in [1.165, 1.54) is 28.9 Å². The highest BCUT2D eigenvalue weighted by Gasteiger charge is 2.17. The van der Waals surface area contributed by atoms with Gasteiger partial charge in [-0.05, 0) is 82.1 Å². The minimum absolute atomic E-state index is 0.184. The molecule has 34 heavy (non-hydrogen) atoms. The summed E-state index contributed by atoms with van der Waals surface area (Å²) in [6.45, 7) is 6.05. The first kappa shape index (κ1) is 24.5. The van der Waals surface area contributed by atoms with E-state index < -0.39 is 0 Å². The number of aryl methyl sites for hydroxylation is 1. The smallest absolute Gasteiger partial charge is 0.251 e. The molecular weight excluding hydrogens is 435 g/mol. The fraction of sp³-hybridized carbons (Fsp3) is 0.280. The second-order valence-electron chi connectivity index (χ2n) is 8.85. The summed E-state index contributed by atoms with van der Waals surface area (Å²) in [6, 6.07) is 14.1. The molecule has 4 N–H and O–H groups in total. The van der Waals surface area contributed by atoms with E-state index in [4.69, 9.17) is 5.73 Å². The molecule has 2 aromatic carbocycles. The lowest BCUT2D eigenvalue weighted by molar-refractivity contribution is 0.0915. The lowest BCUT2D eigenvalue weighted by Crippen LogP contribution is -2.40. The monoisotopic (exact) mass is 462 g/mol. The molecule has 0 fully saturated rings. The molecule has 0 aliphatic rings. The number of hydrogen-bond acceptors (Lipinski definition) is 5. The Balaban J connectivity index is 1.57. The van der Waals surface area contributed by atoms with E-state index in [-0.39, 0.29) is 34.6 Å². The molecule has 0 saturated carbocycles. The number of carbonyl (C=O) groups is 2. The Labute approximate surface area is 197 Å². The minimum Gasteiger partial charge on any atom is -0.382 e. The predicted molar refractivity (Wildman–Crippen MR) is 127 cm³/mol. The van der Waals surface area contributed by atoms with Crippen molar-refractivity contribution in [3.63, 3.8) is 0 Å². The van der Waals surface area contributed by atoms with Gasteiger partial charge in [0.1, 0.15) is 23.3 Å². The first-order chi connectivity index (χ1) is 16.1. The van der Waals surface area contributed by atoms with Crippen LogP contribution in [-0.2, 0) is 6.42 Å². The summed E-state index contributed by atoms with van der Waals surface area (Å²) in [6.07, 6.45) is 0.958. The molecule has 0 aliphatic carbocycles. The number of nitrogens with zero attached hydrogens (tertiary/aromatic N) is 3. The van der Waals surface area contributed by atoms with Crippen LogP contribution in [0.2, 0.25) is 0 Å².